The third-order valence-corrected chi connectivity index (χ3v) is 2.07. The zero-order valence-corrected chi connectivity index (χ0v) is 9.19. The second-order valence-electron chi connectivity index (χ2n) is 3.37. The minimum atomic E-state index is -0.219. The van der Waals surface area contributed by atoms with Gasteiger partial charge in [0.2, 0.25) is 0 Å². The number of rotatable bonds is 5. The van der Waals surface area contributed by atoms with Crippen molar-refractivity contribution in [3.63, 3.8) is 0 Å². The molecule has 0 unspecified atom stereocenters. The second-order valence-corrected chi connectivity index (χ2v) is 3.37. The predicted molar refractivity (Wildman–Crippen MR) is 57.8 cm³/mol. The summed E-state index contributed by atoms with van der Waals surface area (Å²) in [5.74, 6) is 0. The first-order valence-electron chi connectivity index (χ1n) is 4.98. The van der Waals surface area contributed by atoms with Crippen LogP contribution in [0.25, 0.3) is 0 Å². The quantitative estimate of drug-likeness (QED) is 0.687. The zero-order chi connectivity index (χ0) is 11.3. The summed E-state index contributed by atoms with van der Waals surface area (Å²) in [5.41, 5.74) is 6.72. The highest BCUT2D eigenvalue weighted by Crippen LogP contribution is 1.96. The molecule has 0 spiro atoms. The number of aryl methyl sites for hydroxylation is 2. The average Bonchev–Trinajstić information content (AvgIpc) is 2.15. The topological polar surface area (TPSA) is 70.1 Å². The maximum Gasteiger partial charge on any atom is 0.348 e. The fraction of sp³-hybridized carbons (Fsp3) is 0.600. The molecule has 84 valence electrons. The Labute approximate surface area is 88.9 Å². The van der Waals surface area contributed by atoms with Gasteiger partial charge in [0.25, 0.3) is 0 Å². The molecule has 0 bridgehead atoms. The van der Waals surface area contributed by atoms with Gasteiger partial charge in [-0.3, -0.25) is 4.57 Å². The van der Waals surface area contributed by atoms with Gasteiger partial charge in [-0.2, -0.15) is 4.98 Å². The summed E-state index contributed by atoms with van der Waals surface area (Å²) in [4.78, 5) is 15.4. The van der Waals surface area contributed by atoms with Gasteiger partial charge in [0, 0.05) is 17.9 Å². The summed E-state index contributed by atoms with van der Waals surface area (Å²) < 4.78 is 6.82. The van der Waals surface area contributed by atoms with Crippen LogP contribution in [0.5, 0.6) is 0 Å². The van der Waals surface area contributed by atoms with E-state index < -0.39 is 0 Å². The molecule has 5 heteroatoms. The molecule has 1 aromatic rings. The molecule has 0 saturated heterocycles. The fourth-order valence-electron chi connectivity index (χ4n) is 1.39. The van der Waals surface area contributed by atoms with Crippen LogP contribution in [0.3, 0.4) is 0 Å². The van der Waals surface area contributed by atoms with E-state index in [4.69, 9.17) is 10.5 Å². The summed E-state index contributed by atoms with van der Waals surface area (Å²) in [5, 5.41) is 0. The highest BCUT2D eigenvalue weighted by atomic mass is 16.5. The molecule has 15 heavy (non-hydrogen) atoms. The molecule has 0 radical (unpaired) electrons. The second kappa shape index (κ2) is 5.63. The molecule has 1 aromatic heterocycles. The fourth-order valence-corrected chi connectivity index (χ4v) is 1.39. The number of nitrogens with zero attached hydrogens (tertiary/aromatic N) is 2. The smallest absolute Gasteiger partial charge is 0.348 e. The van der Waals surface area contributed by atoms with Crippen LogP contribution < -0.4 is 11.4 Å². The molecule has 0 atom stereocenters. The van der Waals surface area contributed by atoms with Crippen molar-refractivity contribution in [2.75, 3.05) is 19.8 Å². The Morgan fingerprint density at radius 2 is 2.20 bits per heavy atom. The highest BCUT2D eigenvalue weighted by Gasteiger charge is 2.01. The van der Waals surface area contributed by atoms with Crippen LogP contribution in [0.4, 0.5) is 0 Å². The Kier molecular flexibility index (Phi) is 4.45. The van der Waals surface area contributed by atoms with Gasteiger partial charge >= 0.3 is 5.69 Å². The van der Waals surface area contributed by atoms with Gasteiger partial charge in [-0.15, -0.1) is 0 Å². The van der Waals surface area contributed by atoms with E-state index in [1.807, 2.05) is 19.9 Å². The standard InChI is InChI=1S/C10H17N3O2/c1-8-7-9(2)13(10(14)12-8)4-6-15-5-3-11/h7H,3-6,11H2,1-2H3. The van der Waals surface area contributed by atoms with E-state index in [2.05, 4.69) is 4.98 Å². The van der Waals surface area contributed by atoms with Gasteiger partial charge in [-0.1, -0.05) is 0 Å². The van der Waals surface area contributed by atoms with Crippen molar-refractivity contribution in [3.8, 4) is 0 Å². The lowest BCUT2D eigenvalue weighted by molar-refractivity contribution is 0.132. The minimum absolute atomic E-state index is 0.219. The van der Waals surface area contributed by atoms with Gasteiger partial charge in [0.05, 0.1) is 19.8 Å². The third-order valence-electron chi connectivity index (χ3n) is 2.07. The van der Waals surface area contributed by atoms with E-state index in [0.29, 0.717) is 26.3 Å². The van der Waals surface area contributed by atoms with Gasteiger partial charge in [0.15, 0.2) is 0 Å². The predicted octanol–water partition coefficient (Wildman–Crippen LogP) is -0.165. The molecular formula is C10H17N3O2. The third kappa shape index (κ3) is 3.45. The Balaban J connectivity index is 2.65. The van der Waals surface area contributed by atoms with Crippen molar-refractivity contribution < 1.29 is 4.74 Å². The normalized spacial score (nSPS) is 10.6. The summed E-state index contributed by atoms with van der Waals surface area (Å²) >= 11 is 0. The molecular weight excluding hydrogens is 194 g/mol. The van der Waals surface area contributed by atoms with Gasteiger partial charge < -0.3 is 10.5 Å². The van der Waals surface area contributed by atoms with E-state index in [0.717, 1.165) is 11.4 Å². The minimum Gasteiger partial charge on any atom is -0.378 e. The summed E-state index contributed by atoms with van der Waals surface area (Å²) in [6.45, 7) is 5.73. The SMILES string of the molecule is Cc1cc(C)n(CCOCCN)c(=O)n1. The number of hydrogen-bond acceptors (Lipinski definition) is 4. The monoisotopic (exact) mass is 211 g/mol. The molecule has 0 saturated carbocycles. The molecule has 0 amide bonds. The van der Waals surface area contributed by atoms with Gasteiger partial charge in [-0.05, 0) is 19.9 Å². The molecule has 1 rings (SSSR count). The van der Waals surface area contributed by atoms with E-state index in [-0.39, 0.29) is 5.69 Å². The maximum atomic E-state index is 11.5. The molecule has 0 fully saturated rings. The van der Waals surface area contributed by atoms with Crippen molar-refractivity contribution in [1.29, 1.82) is 0 Å². The lowest BCUT2D eigenvalue weighted by Crippen LogP contribution is -2.27. The van der Waals surface area contributed by atoms with Gasteiger partial charge in [-0.25, -0.2) is 4.79 Å². The summed E-state index contributed by atoms with van der Waals surface area (Å²) in [6.07, 6.45) is 0. The van der Waals surface area contributed by atoms with Crippen molar-refractivity contribution >= 4 is 0 Å². The molecule has 0 aliphatic heterocycles. The van der Waals surface area contributed by atoms with E-state index >= 15 is 0 Å². The van der Waals surface area contributed by atoms with Crippen molar-refractivity contribution in [2.45, 2.75) is 20.4 Å². The van der Waals surface area contributed by atoms with E-state index in [1.54, 1.807) is 4.57 Å². The number of aromatic nitrogens is 2. The largest absolute Gasteiger partial charge is 0.378 e. The van der Waals surface area contributed by atoms with Crippen molar-refractivity contribution in [3.05, 3.63) is 27.9 Å². The number of ether oxygens (including phenoxy) is 1. The van der Waals surface area contributed by atoms with Crippen LogP contribution in [0.15, 0.2) is 10.9 Å². The van der Waals surface area contributed by atoms with Crippen molar-refractivity contribution in [2.24, 2.45) is 5.73 Å². The molecule has 2 N–H and O–H groups in total. The Morgan fingerprint density at radius 3 is 2.80 bits per heavy atom. The molecule has 0 aliphatic rings. The lowest BCUT2D eigenvalue weighted by Gasteiger charge is -2.09. The van der Waals surface area contributed by atoms with Crippen LogP contribution in [0.1, 0.15) is 11.4 Å². The first kappa shape index (κ1) is 11.9. The summed E-state index contributed by atoms with van der Waals surface area (Å²) in [6, 6.07) is 1.88. The number of hydrogen-bond donors (Lipinski definition) is 1. The Morgan fingerprint density at radius 1 is 1.47 bits per heavy atom. The first-order valence-corrected chi connectivity index (χ1v) is 4.98. The van der Waals surface area contributed by atoms with Crippen LogP contribution in [0, 0.1) is 13.8 Å². The van der Waals surface area contributed by atoms with Crippen LogP contribution in [-0.4, -0.2) is 29.3 Å². The zero-order valence-electron chi connectivity index (χ0n) is 9.19. The van der Waals surface area contributed by atoms with Crippen LogP contribution in [-0.2, 0) is 11.3 Å². The maximum absolute atomic E-state index is 11.5. The first-order chi connectivity index (χ1) is 7.15. The number of nitrogens with two attached hydrogens (primary N) is 1. The Bertz CT molecular complexity index is 373. The van der Waals surface area contributed by atoms with Crippen LogP contribution in [0.2, 0.25) is 0 Å². The molecule has 5 nitrogen and oxygen atoms in total. The average molecular weight is 211 g/mol. The summed E-state index contributed by atoms with van der Waals surface area (Å²) in [7, 11) is 0. The lowest BCUT2D eigenvalue weighted by atomic mass is 10.3. The molecule has 0 aliphatic carbocycles. The van der Waals surface area contributed by atoms with Crippen LogP contribution >= 0.6 is 0 Å². The molecule has 1 heterocycles. The Hall–Kier alpha value is -1.20. The molecule has 0 aromatic carbocycles. The van der Waals surface area contributed by atoms with E-state index in [1.165, 1.54) is 0 Å². The van der Waals surface area contributed by atoms with E-state index in [9.17, 15) is 4.79 Å². The highest BCUT2D eigenvalue weighted by molar-refractivity contribution is 5.06. The van der Waals surface area contributed by atoms with Gasteiger partial charge in [0.1, 0.15) is 0 Å². The van der Waals surface area contributed by atoms with Crippen molar-refractivity contribution in [1.82, 2.24) is 9.55 Å².